The molecule has 1 aromatic rings. The molecule has 0 saturated heterocycles. The molecule has 0 aliphatic carbocycles. The summed E-state index contributed by atoms with van der Waals surface area (Å²) in [5.74, 6) is 0. The Hall–Kier alpha value is 0.434. The largest absolute Gasteiger partial charge is 0.265 e. The maximum Gasteiger partial charge on any atom is 0.0267 e. The van der Waals surface area contributed by atoms with Crippen LogP contribution in [0.3, 0.4) is 0 Å². The van der Waals surface area contributed by atoms with Gasteiger partial charge < -0.3 is 49.6 Å². The second kappa shape index (κ2) is 47.1. The van der Waals surface area contributed by atoms with Gasteiger partial charge in [0.15, 0.2) is 0 Å². The third-order valence-electron chi connectivity index (χ3n) is 0.566. The summed E-state index contributed by atoms with van der Waals surface area (Å²) in [6.07, 6.45) is 5.00. The molecule has 1 N–H and O–H groups in total. The number of pyridine rings is 1. The van der Waals surface area contributed by atoms with E-state index in [0.717, 1.165) is 0 Å². The predicted octanol–water partition coefficient (Wildman–Crippen LogP) is -9.60. The summed E-state index contributed by atoms with van der Waals surface area (Å²) < 4.78 is 5.75. The fourth-order valence-electron chi connectivity index (χ4n) is 0.313. The molecule has 0 saturated carbocycles. The van der Waals surface area contributed by atoms with E-state index in [0.29, 0.717) is 0 Å². The normalized spacial score (nSPS) is 4.20. The zero-order valence-corrected chi connectivity index (χ0v) is 12.4. The van der Waals surface area contributed by atoms with Gasteiger partial charge in [0.05, 0.1) is 0 Å². The van der Waals surface area contributed by atoms with Crippen LogP contribution in [0.1, 0.15) is 0 Å². The van der Waals surface area contributed by atoms with Gasteiger partial charge in [0, 0.05) is 12.4 Å². The van der Waals surface area contributed by atoms with Crippen LogP contribution in [0, 0.1) is 10.8 Å². The number of nitrogens with zero attached hydrogens (tertiary/aromatic N) is 1. The van der Waals surface area contributed by atoms with Crippen LogP contribution in [0.15, 0.2) is 43.2 Å². The average molecular weight is 325 g/mol. The first-order chi connectivity index (χ1) is 5.41. The molecule has 2 nitrogen and oxygen atoms in total. The van der Waals surface area contributed by atoms with Crippen molar-refractivity contribution >= 4 is 0 Å². The molecule has 0 spiro atoms. The van der Waals surface area contributed by atoms with E-state index < -0.39 is 0 Å². The van der Waals surface area contributed by atoms with E-state index in [9.17, 15) is 0 Å². The second-order valence-electron chi connectivity index (χ2n) is 1.31. The van der Waals surface area contributed by atoms with Crippen molar-refractivity contribution in [2.45, 2.75) is 0 Å². The van der Waals surface area contributed by atoms with Gasteiger partial charge in [0.2, 0.25) is 0 Å². The van der Waals surface area contributed by atoms with Crippen molar-refractivity contribution in [2.75, 3.05) is 0 Å². The quantitative estimate of drug-likeness (QED) is 0.373. The number of rotatable bonds is 0. The molecule has 1 aromatic heterocycles. The Morgan fingerprint density at radius 1 is 1.00 bits per heavy atom. The van der Waals surface area contributed by atoms with Gasteiger partial charge in [0.25, 0.3) is 0 Å². The van der Waals surface area contributed by atoms with Crippen LogP contribution in [0.4, 0.5) is 0 Å². The third kappa shape index (κ3) is 53.9. The van der Waals surface area contributed by atoms with Crippen LogP contribution in [-0.2, 0) is 20.3 Å². The van der Waals surface area contributed by atoms with Gasteiger partial charge in [0.1, 0.15) is 0 Å². The summed E-state index contributed by atoms with van der Waals surface area (Å²) >= 11 is 1.25. The van der Waals surface area contributed by atoms with Crippen molar-refractivity contribution in [3.8, 4) is 0 Å². The summed E-state index contributed by atoms with van der Waals surface area (Å²) in [6, 6.07) is 5.72. The van der Waals surface area contributed by atoms with Gasteiger partial charge in [-0.25, -0.2) is 19.6 Å². The van der Waals surface area contributed by atoms with E-state index in [4.69, 9.17) is 3.83 Å². The standard InChI is InChI=1S/C5H5N.C3H5.4ClH.HN.Ti/c1-2-4-6-5-3-1;1-3-2;;;;;;/h1-5H;3H,1-2H2;5*1H;/q;-1;;;;;;/p-4. The molecule has 15 heavy (non-hydrogen) atoms. The van der Waals surface area contributed by atoms with Crippen molar-refractivity contribution in [2.24, 2.45) is 0 Å². The first-order valence-corrected chi connectivity index (χ1v) is 3.70. The SMILES string of the molecule is C=C[CH2-].[Cl-].[Cl-].[Cl-].[Cl-].[NH]=[Ti].c1ccncc1. The maximum absolute atomic E-state index is 5.75. The molecule has 0 fully saturated rings. The van der Waals surface area contributed by atoms with E-state index in [1.54, 1.807) is 12.4 Å². The molecule has 7 heteroatoms. The smallest absolute Gasteiger partial charge is 0.0267 e. The summed E-state index contributed by atoms with van der Waals surface area (Å²) in [5, 5.41) is 0. The number of allylic oxidation sites excluding steroid dienone is 1. The average Bonchev–Trinajstić information content (AvgIpc) is 2.12. The Morgan fingerprint density at radius 2 is 1.27 bits per heavy atom. The summed E-state index contributed by atoms with van der Waals surface area (Å²) in [6.45, 7) is 6.50. The van der Waals surface area contributed by atoms with Crippen LogP contribution in [0.2, 0.25) is 0 Å². The van der Waals surface area contributed by atoms with Gasteiger partial charge in [-0.15, -0.1) is 0 Å². The number of nitrogens with one attached hydrogen (secondary N) is 1. The summed E-state index contributed by atoms with van der Waals surface area (Å²) in [4.78, 5) is 3.78. The van der Waals surface area contributed by atoms with E-state index in [1.807, 2.05) is 18.2 Å². The minimum absolute atomic E-state index is 0. The zero-order valence-electron chi connectivity index (χ0n) is 7.84. The number of aromatic nitrogens is 1. The number of hydrogen-bond acceptors (Lipinski definition) is 2. The van der Waals surface area contributed by atoms with Crippen molar-refractivity contribution in [3.05, 3.63) is 50.2 Å². The first-order valence-electron chi connectivity index (χ1n) is 2.92. The molecular formula is C8H11Cl4N2Ti-5. The Morgan fingerprint density at radius 3 is 1.33 bits per heavy atom. The van der Waals surface area contributed by atoms with Gasteiger partial charge in [-0.05, 0) is 12.1 Å². The van der Waals surface area contributed by atoms with Gasteiger partial charge in [-0.3, -0.25) is 4.98 Å². The Kier molecular flexibility index (Phi) is 114. The van der Waals surface area contributed by atoms with E-state index in [-0.39, 0.29) is 49.6 Å². The molecule has 1 rings (SSSR count). The fourth-order valence-corrected chi connectivity index (χ4v) is 0.313. The second-order valence-corrected chi connectivity index (χ2v) is 1.31. The van der Waals surface area contributed by atoms with Crippen LogP contribution < -0.4 is 49.6 Å². The molecule has 0 atom stereocenters. The predicted molar refractivity (Wildman–Crippen MR) is 42.5 cm³/mol. The summed E-state index contributed by atoms with van der Waals surface area (Å²) in [5.41, 5.74) is 0. The van der Waals surface area contributed by atoms with Crippen molar-refractivity contribution in [1.29, 1.82) is 3.83 Å². The number of hydrogen-bond donors (Lipinski definition) is 1. The Labute approximate surface area is 128 Å². The third-order valence-corrected chi connectivity index (χ3v) is 0.566. The van der Waals surface area contributed by atoms with E-state index >= 15 is 0 Å². The van der Waals surface area contributed by atoms with E-state index in [2.05, 4.69) is 18.5 Å². The topological polar surface area (TPSA) is 36.7 Å². The molecule has 0 amide bonds. The monoisotopic (exact) mass is 323 g/mol. The van der Waals surface area contributed by atoms with Gasteiger partial charge in [-0.1, -0.05) is 6.07 Å². The molecule has 0 aliphatic heterocycles. The minimum atomic E-state index is 0. The molecule has 0 unspecified atom stereocenters. The molecule has 90 valence electrons. The zero-order chi connectivity index (χ0) is 8.95. The Balaban J connectivity index is -0.0000000205. The maximum atomic E-state index is 5.75. The molecule has 0 aromatic carbocycles. The van der Waals surface area contributed by atoms with Crippen LogP contribution >= 0.6 is 0 Å². The molecule has 1 heterocycles. The van der Waals surface area contributed by atoms with Crippen molar-refractivity contribution < 1.29 is 69.9 Å². The minimum Gasteiger partial charge on any atom is -0.265 e. The van der Waals surface area contributed by atoms with Gasteiger partial charge >= 0.3 is 24.1 Å². The fraction of sp³-hybridized carbons (Fsp3) is 0. The first kappa shape index (κ1) is 36.1. The van der Waals surface area contributed by atoms with Crippen LogP contribution in [0.5, 0.6) is 0 Å². The molecule has 0 aliphatic rings. The van der Waals surface area contributed by atoms with Crippen LogP contribution in [-0.4, -0.2) is 4.98 Å². The van der Waals surface area contributed by atoms with Crippen molar-refractivity contribution in [3.63, 3.8) is 0 Å². The molecule has 0 bridgehead atoms. The molecule has 0 radical (unpaired) electrons. The number of halogens is 4. The molecular weight excluding hydrogens is 314 g/mol. The summed E-state index contributed by atoms with van der Waals surface area (Å²) in [7, 11) is 0. The van der Waals surface area contributed by atoms with Crippen LogP contribution in [0.25, 0.3) is 0 Å². The van der Waals surface area contributed by atoms with Crippen molar-refractivity contribution in [1.82, 2.24) is 4.98 Å². The van der Waals surface area contributed by atoms with E-state index in [1.165, 1.54) is 26.3 Å². The Bertz CT molecular complexity index is 139. The van der Waals surface area contributed by atoms with Gasteiger partial charge in [-0.2, -0.15) is 0 Å².